The highest BCUT2D eigenvalue weighted by Crippen LogP contribution is 2.26. The summed E-state index contributed by atoms with van der Waals surface area (Å²) in [6.07, 6.45) is 1.26. The Balaban J connectivity index is 2.64. The van der Waals surface area contributed by atoms with Crippen molar-refractivity contribution in [2.75, 3.05) is 24.3 Å². The van der Waals surface area contributed by atoms with Crippen molar-refractivity contribution >= 4 is 33.2 Å². The molecule has 0 atom stereocenters. The van der Waals surface area contributed by atoms with Crippen molar-refractivity contribution in [3.8, 4) is 0 Å². The smallest absolute Gasteiger partial charge is 0.148 e. The normalized spacial score (nSPS) is 12.1. The lowest BCUT2D eigenvalue weighted by Gasteiger charge is -2.12. The molecule has 0 bridgehead atoms. The van der Waals surface area contributed by atoms with Crippen LogP contribution in [0.2, 0.25) is 5.02 Å². The fraction of sp³-hybridized carbons (Fsp3) is 0.571. The molecule has 1 rings (SSSR count). The van der Waals surface area contributed by atoms with Crippen LogP contribution in [-0.4, -0.2) is 32.7 Å². The Morgan fingerprint density at radius 2 is 2.05 bits per heavy atom. The van der Waals surface area contributed by atoms with E-state index in [9.17, 15) is 8.42 Å². The third kappa shape index (κ3) is 7.53. The van der Waals surface area contributed by atoms with Gasteiger partial charge >= 0.3 is 0 Å². The molecule has 0 spiro atoms. The van der Waals surface area contributed by atoms with Crippen molar-refractivity contribution in [1.29, 1.82) is 0 Å². The summed E-state index contributed by atoms with van der Waals surface area (Å²) in [4.78, 5) is 1.05. The van der Waals surface area contributed by atoms with E-state index < -0.39 is 9.84 Å². The quantitative estimate of drug-likeness (QED) is 0.741. The van der Waals surface area contributed by atoms with E-state index in [4.69, 9.17) is 11.6 Å². The second kappa shape index (κ2) is 8.27. The van der Waals surface area contributed by atoms with Crippen LogP contribution in [0.5, 0.6) is 0 Å². The summed E-state index contributed by atoms with van der Waals surface area (Å²) in [5.41, 5.74) is 1.16. The lowest BCUT2D eigenvalue weighted by Crippen LogP contribution is -2.19. The summed E-state index contributed by atoms with van der Waals surface area (Å²) in [7, 11) is -2.91. The molecule has 6 heteroatoms. The molecule has 0 saturated carbocycles. The second-order valence-corrected chi connectivity index (χ2v) is 9.09. The molecule has 3 nitrogen and oxygen atoms in total. The number of thioether (sulfide) groups is 1. The molecule has 0 aliphatic heterocycles. The van der Waals surface area contributed by atoms with E-state index in [1.54, 1.807) is 11.8 Å². The Labute approximate surface area is 131 Å². The molecule has 1 aromatic rings. The Bertz CT molecular complexity index is 530. The van der Waals surface area contributed by atoms with E-state index in [-0.39, 0.29) is 5.75 Å². The minimum atomic E-state index is -2.91. The molecule has 0 radical (unpaired) electrons. The van der Waals surface area contributed by atoms with Gasteiger partial charge in [0.25, 0.3) is 0 Å². The molecule has 20 heavy (non-hydrogen) atoms. The zero-order valence-corrected chi connectivity index (χ0v) is 14.5. The first-order valence-electron chi connectivity index (χ1n) is 6.57. The summed E-state index contributed by atoms with van der Waals surface area (Å²) in [5, 5.41) is 4.07. The van der Waals surface area contributed by atoms with Crippen molar-refractivity contribution in [1.82, 2.24) is 5.32 Å². The topological polar surface area (TPSA) is 46.2 Å². The molecular weight excluding hydrogens is 314 g/mol. The molecule has 0 amide bonds. The fourth-order valence-electron chi connectivity index (χ4n) is 1.61. The highest BCUT2D eigenvalue weighted by Gasteiger charge is 2.07. The third-order valence-corrected chi connectivity index (χ3v) is 5.15. The van der Waals surface area contributed by atoms with Crippen molar-refractivity contribution in [3.63, 3.8) is 0 Å². The average molecular weight is 336 g/mol. The number of rotatable bonds is 8. The summed E-state index contributed by atoms with van der Waals surface area (Å²) in [6, 6.07) is 5.77. The average Bonchev–Trinajstić information content (AvgIpc) is 2.29. The van der Waals surface area contributed by atoms with E-state index in [2.05, 4.69) is 19.2 Å². The number of benzene rings is 1. The van der Waals surface area contributed by atoms with Gasteiger partial charge in [0.2, 0.25) is 0 Å². The van der Waals surface area contributed by atoms with E-state index >= 15 is 0 Å². The van der Waals surface area contributed by atoms with Gasteiger partial charge in [-0.1, -0.05) is 31.5 Å². The van der Waals surface area contributed by atoms with Crippen LogP contribution >= 0.6 is 23.4 Å². The Kier molecular flexibility index (Phi) is 7.37. The lowest BCUT2D eigenvalue weighted by atomic mass is 10.2. The van der Waals surface area contributed by atoms with Crippen LogP contribution in [0.15, 0.2) is 23.1 Å². The van der Waals surface area contributed by atoms with Gasteiger partial charge in [-0.05, 0) is 30.2 Å². The van der Waals surface area contributed by atoms with Crippen LogP contribution in [-0.2, 0) is 16.4 Å². The van der Waals surface area contributed by atoms with Crippen molar-refractivity contribution < 1.29 is 8.42 Å². The number of halogens is 1. The highest BCUT2D eigenvalue weighted by atomic mass is 35.5. The first-order valence-corrected chi connectivity index (χ1v) is 10.00. The van der Waals surface area contributed by atoms with Gasteiger partial charge in [0, 0.05) is 28.5 Å². The number of hydrogen-bond acceptors (Lipinski definition) is 4. The predicted molar refractivity (Wildman–Crippen MR) is 88.4 cm³/mol. The molecule has 0 heterocycles. The molecule has 114 valence electrons. The second-order valence-electron chi connectivity index (χ2n) is 5.26. The fourth-order valence-corrected chi connectivity index (χ4v) is 4.14. The van der Waals surface area contributed by atoms with E-state index in [0.29, 0.717) is 16.7 Å². The Hall–Kier alpha value is -0.230. The Morgan fingerprint density at radius 1 is 1.35 bits per heavy atom. The van der Waals surface area contributed by atoms with Crippen molar-refractivity contribution in [3.05, 3.63) is 28.8 Å². The van der Waals surface area contributed by atoms with Gasteiger partial charge in [0.1, 0.15) is 9.84 Å². The minimum absolute atomic E-state index is 0.184. The maximum Gasteiger partial charge on any atom is 0.148 e. The summed E-state index contributed by atoms with van der Waals surface area (Å²) in [6.45, 7) is 6.06. The first-order chi connectivity index (χ1) is 9.28. The van der Waals surface area contributed by atoms with Crippen LogP contribution in [0, 0.1) is 5.92 Å². The SMILES string of the molecule is CC(C)CNCc1ccc(Cl)cc1SCCS(C)(=O)=O. The lowest BCUT2D eigenvalue weighted by molar-refractivity contribution is 0.550. The molecule has 0 aliphatic carbocycles. The molecule has 0 aromatic heterocycles. The summed E-state index contributed by atoms with van der Waals surface area (Å²) in [5.74, 6) is 1.34. The van der Waals surface area contributed by atoms with Gasteiger partial charge in [-0.25, -0.2) is 8.42 Å². The monoisotopic (exact) mass is 335 g/mol. The van der Waals surface area contributed by atoms with Crippen LogP contribution < -0.4 is 5.32 Å². The number of hydrogen-bond donors (Lipinski definition) is 1. The molecule has 0 saturated heterocycles. The van der Waals surface area contributed by atoms with E-state index in [1.807, 2.05) is 18.2 Å². The van der Waals surface area contributed by atoms with Gasteiger partial charge in [-0.15, -0.1) is 11.8 Å². The standard InChI is InChI=1S/C14H22ClNO2S2/c1-11(2)9-16-10-12-4-5-13(15)8-14(12)19-6-7-20(3,17)18/h4-5,8,11,16H,6-7,9-10H2,1-3H3. The summed E-state index contributed by atoms with van der Waals surface area (Å²) >= 11 is 7.56. The molecule has 1 aromatic carbocycles. The molecule has 1 N–H and O–H groups in total. The maximum atomic E-state index is 11.2. The van der Waals surface area contributed by atoms with Gasteiger partial charge in [0.15, 0.2) is 0 Å². The zero-order valence-electron chi connectivity index (χ0n) is 12.1. The van der Waals surface area contributed by atoms with Crippen LogP contribution in [0.4, 0.5) is 0 Å². The van der Waals surface area contributed by atoms with Gasteiger partial charge in [-0.3, -0.25) is 0 Å². The largest absolute Gasteiger partial charge is 0.312 e. The number of nitrogens with one attached hydrogen (secondary N) is 1. The van der Waals surface area contributed by atoms with Crippen LogP contribution in [0.3, 0.4) is 0 Å². The Morgan fingerprint density at radius 3 is 2.65 bits per heavy atom. The highest BCUT2D eigenvalue weighted by molar-refractivity contribution is 8.00. The van der Waals surface area contributed by atoms with Gasteiger partial charge in [-0.2, -0.15) is 0 Å². The van der Waals surface area contributed by atoms with Crippen molar-refractivity contribution in [2.24, 2.45) is 5.92 Å². The van der Waals surface area contributed by atoms with Crippen LogP contribution in [0.1, 0.15) is 19.4 Å². The first kappa shape index (κ1) is 17.8. The van der Waals surface area contributed by atoms with E-state index in [1.165, 1.54) is 6.26 Å². The van der Waals surface area contributed by atoms with Gasteiger partial charge in [0.05, 0.1) is 5.75 Å². The molecular formula is C14H22ClNO2S2. The van der Waals surface area contributed by atoms with Gasteiger partial charge < -0.3 is 5.32 Å². The third-order valence-electron chi connectivity index (χ3n) is 2.61. The molecule has 0 fully saturated rings. The van der Waals surface area contributed by atoms with Crippen molar-refractivity contribution in [2.45, 2.75) is 25.3 Å². The van der Waals surface area contributed by atoms with E-state index in [0.717, 1.165) is 23.5 Å². The molecule has 0 aliphatic rings. The molecule has 0 unspecified atom stereocenters. The maximum absolute atomic E-state index is 11.2. The zero-order chi connectivity index (χ0) is 15.2. The predicted octanol–water partition coefficient (Wildman–Crippen LogP) is 3.22. The minimum Gasteiger partial charge on any atom is -0.312 e. The summed E-state index contributed by atoms with van der Waals surface area (Å²) < 4.78 is 22.3. The number of sulfone groups is 1. The van der Waals surface area contributed by atoms with Crippen LogP contribution in [0.25, 0.3) is 0 Å².